The molecule has 1 aliphatic rings. The fourth-order valence-corrected chi connectivity index (χ4v) is 3.91. The number of benzene rings is 2. The van der Waals surface area contributed by atoms with Crippen molar-refractivity contribution in [3.63, 3.8) is 0 Å². The van der Waals surface area contributed by atoms with Crippen molar-refractivity contribution < 1.29 is 0 Å². The predicted molar refractivity (Wildman–Crippen MR) is 117 cm³/mol. The number of para-hydroxylation sites is 1. The van der Waals surface area contributed by atoms with Gasteiger partial charge in [0.2, 0.25) is 5.11 Å². The maximum atomic E-state index is 6.23. The van der Waals surface area contributed by atoms with Gasteiger partial charge in [0.15, 0.2) is 0 Å². The quantitative estimate of drug-likeness (QED) is 0.598. The number of aliphatic imine (C=N–C) groups is 1. The Morgan fingerprint density at radius 3 is 2.35 bits per heavy atom. The molecule has 3 rings (SSSR count). The molecule has 1 atom stereocenters. The topological polar surface area (TPSA) is 27.6 Å². The van der Waals surface area contributed by atoms with Crippen LogP contribution in [0.25, 0.3) is 0 Å². The highest BCUT2D eigenvalue weighted by atomic mass is 35.5. The Kier molecular flexibility index (Phi) is 5.29. The first-order valence-corrected chi connectivity index (χ1v) is 9.66. The van der Waals surface area contributed by atoms with E-state index in [-0.39, 0.29) is 0 Å². The van der Waals surface area contributed by atoms with Gasteiger partial charge in [-0.2, -0.15) is 0 Å². The third-order valence-electron chi connectivity index (χ3n) is 4.98. The highest BCUT2D eigenvalue weighted by Crippen LogP contribution is 2.37. The van der Waals surface area contributed by atoms with Crippen molar-refractivity contribution in [1.82, 2.24) is 0 Å². The number of rotatable bonds is 3. The lowest BCUT2D eigenvalue weighted by Crippen LogP contribution is -2.51. The van der Waals surface area contributed by atoms with E-state index in [1.807, 2.05) is 17.0 Å². The van der Waals surface area contributed by atoms with E-state index >= 15 is 0 Å². The molecule has 0 spiro atoms. The number of amidine groups is 1. The molecule has 26 heavy (non-hydrogen) atoms. The van der Waals surface area contributed by atoms with Crippen LogP contribution in [0.5, 0.6) is 0 Å². The van der Waals surface area contributed by atoms with Crippen LogP contribution in [-0.4, -0.2) is 16.5 Å². The zero-order chi connectivity index (χ0) is 19.1. The largest absolute Gasteiger partial charge is 0.341 e. The Balaban J connectivity index is 2.02. The Bertz CT molecular complexity index is 890. The Morgan fingerprint density at radius 2 is 1.77 bits per heavy atom. The van der Waals surface area contributed by atoms with Gasteiger partial charge in [-0.15, -0.1) is 0 Å². The van der Waals surface area contributed by atoms with Crippen LogP contribution in [0.15, 0.2) is 41.4 Å². The second-order valence-corrected chi connectivity index (χ2v) is 7.88. The lowest BCUT2D eigenvalue weighted by Gasteiger charge is -2.36. The number of aryl methyl sites for hydroxylation is 2. The zero-order valence-electron chi connectivity index (χ0n) is 15.2. The van der Waals surface area contributed by atoms with E-state index in [0.29, 0.717) is 15.2 Å². The standard InChI is InChI=1S/C20H21Cl2N3S/c1-5-20(4)18(23-17-12(2)7-6-8-13(17)3)24-19(26)25(20)14-9-10-15(21)16(22)11-14/h6-11H,5H2,1-4H3,(H,23,24,26)/t20-/m0/s1. The first-order chi connectivity index (χ1) is 12.3. The molecule has 0 bridgehead atoms. The summed E-state index contributed by atoms with van der Waals surface area (Å²) >= 11 is 17.9. The van der Waals surface area contributed by atoms with Crippen LogP contribution in [0.1, 0.15) is 31.4 Å². The van der Waals surface area contributed by atoms with Crippen molar-refractivity contribution in [3.8, 4) is 0 Å². The Morgan fingerprint density at radius 1 is 1.12 bits per heavy atom. The van der Waals surface area contributed by atoms with E-state index in [1.54, 1.807) is 6.07 Å². The van der Waals surface area contributed by atoms with Crippen molar-refractivity contribution >= 4 is 57.7 Å². The monoisotopic (exact) mass is 405 g/mol. The second kappa shape index (κ2) is 7.18. The summed E-state index contributed by atoms with van der Waals surface area (Å²) in [5.74, 6) is 0.841. The van der Waals surface area contributed by atoms with Gasteiger partial charge in [0.25, 0.3) is 0 Å². The summed E-state index contributed by atoms with van der Waals surface area (Å²) in [6.07, 6.45) is 0.824. The van der Waals surface area contributed by atoms with Crippen molar-refractivity contribution in [2.45, 2.75) is 39.7 Å². The highest BCUT2D eigenvalue weighted by Gasteiger charge is 2.44. The minimum absolute atomic E-state index is 0.400. The summed E-state index contributed by atoms with van der Waals surface area (Å²) < 4.78 is 0. The molecule has 3 nitrogen and oxygen atoms in total. The van der Waals surface area contributed by atoms with Crippen molar-refractivity contribution in [2.24, 2.45) is 4.99 Å². The molecule has 0 aliphatic carbocycles. The lowest BCUT2D eigenvalue weighted by atomic mass is 9.94. The molecule has 1 N–H and O–H groups in total. The van der Waals surface area contributed by atoms with Gasteiger partial charge in [0.1, 0.15) is 11.4 Å². The average Bonchev–Trinajstić information content (AvgIpc) is 2.84. The van der Waals surface area contributed by atoms with Gasteiger partial charge in [0.05, 0.1) is 10.0 Å². The number of halogens is 2. The first-order valence-electron chi connectivity index (χ1n) is 8.49. The SMILES string of the molecule is CC[C@@]1(C)C(Nc2c(C)cccc2C)=NC(=S)N1c1ccc(Cl)c(Cl)c1. The van der Waals surface area contributed by atoms with Gasteiger partial charge in [-0.1, -0.05) is 48.3 Å². The minimum Gasteiger partial charge on any atom is -0.341 e. The molecule has 6 heteroatoms. The Hall–Kier alpha value is -1.62. The second-order valence-electron chi connectivity index (χ2n) is 6.70. The lowest BCUT2D eigenvalue weighted by molar-refractivity contribution is 0.608. The molecule has 0 fully saturated rings. The average molecular weight is 406 g/mol. The van der Waals surface area contributed by atoms with Crippen molar-refractivity contribution in [3.05, 3.63) is 57.6 Å². The van der Waals surface area contributed by atoms with Gasteiger partial charge in [-0.25, -0.2) is 4.99 Å². The number of nitrogens with zero attached hydrogens (tertiary/aromatic N) is 2. The van der Waals surface area contributed by atoms with Crippen molar-refractivity contribution in [1.29, 1.82) is 0 Å². The fraction of sp³-hybridized carbons (Fsp3) is 0.300. The zero-order valence-corrected chi connectivity index (χ0v) is 17.6. The highest BCUT2D eigenvalue weighted by molar-refractivity contribution is 7.80. The smallest absolute Gasteiger partial charge is 0.202 e. The maximum Gasteiger partial charge on any atom is 0.202 e. The molecule has 0 amide bonds. The molecule has 0 aromatic heterocycles. The molecule has 0 saturated carbocycles. The summed E-state index contributed by atoms with van der Waals surface area (Å²) in [5.41, 5.74) is 3.90. The van der Waals surface area contributed by atoms with Crippen LogP contribution in [-0.2, 0) is 0 Å². The minimum atomic E-state index is -0.400. The van der Waals surface area contributed by atoms with E-state index in [9.17, 15) is 0 Å². The van der Waals surface area contributed by atoms with Gasteiger partial charge in [-0.05, 0) is 68.7 Å². The summed E-state index contributed by atoms with van der Waals surface area (Å²) in [7, 11) is 0. The number of hydrogen-bond acceptors (Lipinski definition) is 2. The van der Waals surface area contributed by atoms with E-state index in [4.69, 9.17) is 35.4 Å². The molecular formula is C20H21Cl2N3S. The number of anilines is 2. The van der Waals surface area contributed by atoms with Crippen LogP contribution < -0.4 is 10.2 Å². The predicted octanol–water partition coefficient (Wildman–Crippen LogP) is 6.39. The molecule has 1 heterocycles. The molecule has 1 aliphatic heterocycles. The van der Waals surface area contributed by atoms with E-state index in [1.165, 1.54) is 11.1 Å². The fourth-order valence-electron chi connectivity index (χ4n) is 3.22. The van der Waals surface area contributed by atoms with E-state index in [2.05, 4.69) is 56.2 Å². The summed E-state index contributed by atoms with van der Waals surface area (Å²) in [6, 6.07) is 11.8. The van der Waals surface area contributed by atoms with E-state index in [0.717, 1.165) is 23.6 Å². The third-order valence-corrected chi connectivity index (χ3v) is 5.99. The first kappa shape index (κ1) is 19.2. The summed E-state index contributed by atoms with van der Waals surface area (Å²) in [4.78, 5) is 6.73. The molecule has 2 aromatic carbocycles. The Labute approximate surface area is 170 Å². The molecule has 2 aromatic rings. The van der Waals surface area contributed by atoms with Crippen LogP contribution in [0.4, 0.5) is 11.4 Å². The summed E-state index contributed by atoms with van der Waals surface area (Å²) in [6.45, 7) is 8.43. The van der Waals surface area contributed by atoms with Crippen LogP contribution in [0, 0.1) is 13.8 Å². The molecule has 0 saturated heterocycles. The number of nitrogens with one attached hydrogen (secondary N) is 1. The van der Waals surface area contributed by atoms with Crippen LogP contribution >= 0.6 is 35.4 Å². The van der Waals surface area contributed by atoms with Gasteiger partial charge >= 0.3 is 0 Å². The maximum absolute atomic E-state index is 6.23. The van der Waals surface area contributed by atoms with Gasteiger partial charge in [0, 0.05) is 11.4 Å². The number of hydrogen-bond donors (Lipinski definition) is 1. The number of thiocarbonyl (C=S) groups is 1. The molecule has 0 radical (unpaired) electrons. The van der Waals surface area contributed by atoms with Gasteiger partial charge in [-0.3, -0.25) is 0 Å². The molecule has 136 valence electrons. The molecular weight excluding hydrogens is 385 g/mol. The summed E-state index contributed by atoms with van der Waals surface area (Å²) in [5, 5.41) is 5.08. The van der Waals surface area contributed by atoms with E-state index < -0.39 is 5.54 Å². The molecule has 0 unspecified atom stereocenters. The van der Waals surface area contributed by atoms with Crippen molar-refractivity contribution in [2.75, 3.05) is 10.2 Å². The normalized spacial score (nSPS) is 19.7. The van der Waals surface area contributed by atoms with Crippen LogP contribution in [0.3, 0.4) is 0 Å². The van der Waals surface area contributed by atoms with Crippen LogP contribution in [0.2, 0.25) is 10.0 Å². The van der Waals surface area contributed by atoms with Gasteiger partial charge < -0.3 is 10.2 Å². The third kappa shape index (κ3) is 3.22.